The Kier molecular flexibility index (Phi) is 3.06. The van der Waals surface area contributed by atoms with Crippen molar-refractivity contribution in [2.75, 3.05) is 18.5 Å². The fraction of sp³-hybridized carbons (Fsp3) is 0.455. The average Bonchev–Trinajstić information content (AvgIpc) is 3.05. The van der Waals surface area contributed by atoms with E-state index in [1.165, 1.54) is 15.7 Å². The molecule has 10 heteroatoms. The van der Waals surface area contributed by atoms with Gasteiger partial charge in [0, 0.05) is 5.38 Å². The fourth-order valence-electron chi connectivity index (χ4n) is 2.30. The number of aliphatic carboxylic acids is 1. The number of carboxylic acids is 1. The van der Waals surface area contributed by atoms with Crippen molar-refractivity contribution in [3.05, 3.63) is 21.7 Å². The van der Waals surface area contributed by atoms with E-state index in [2.05, 4.69) is 10.3 Å². The van der Waals surface area contributed by atoms with Gasteiger partial charge in [0.25, 0.3) is 4.96 Å². The highest BCUT2D eigenvalue weighted by atomic mass is 32.1. The van der Waals surface area contributed by atoms with Gasteiger partial charge in [-0.2, -0.15) is 9.38 Å². The van der Waals surface area contributed by atoms with Crippen LogP contribution < -0.4 is 5.32 Å². The lowest BCUT2D eigenvalue weighted by molar-refractivity contribution is -0.389. The van der Waals surface area contributed by atoms with E-state index in [0.29, 0.717) is 4.96 Å². The number of hydrogen-bond acceptors (Lipinski definition) is 7. The molecule has 0 spiro atoms. The van der Waals surface area contributed by atoms with Crippen molar-refractivity contribution in [2.45, 2.75) is 13.0 Å². The average molecular weight is 312 g/mol. The standard InChI is InChI=1S/C11H12N4O5S/c1-11(9(16)17)5-20-4-6(11)12-7-8(15(18)19)14-2-3-21-10(14)13-7/h2-3,6,12H,4-5H2,1H3,(H,16,17). The lowest BCUT2D eigenvalue weighted by atomic mass is 9.85. The van der Waals surface area contributed by atoms with Crippen molar-refractivity contribution >= 4 is 33.9 Å². The molecule has 0 aromatic carbocycles. The Labute approximate surface area is 122 Å². The summed E-state index contributed by atoms with van der Waals surface area (Å²) in [5.41, 5.74) is -1.15. The van der Waals surface area contributed by atoms with Gasteiger partial charge in [-0.05, 0) is 11.8 Å². The number of thiazole rings is 1. The summed E-state index contributed by atoms with van der Waals surface area (Å²) in [4.78, 5) is 26.7. The maximum Gasteiger partial charge on any atom is 0.372 e. The number of carboxylic acid groups (broad SMARTS) is 1. The molecule has 2 aromatic rings. The molecular formula is C11H12N4O5S. The zero-order valence-electron chi connectivity index (χ0n) is 11.0. The number of ether oxygens (including phenoxy) is 1. The van der Waals surface area contributed by atoms with E-state index in [1.54, 1.807) is 18.5 Å². The normalized spacial score (nSPS) is 25.3. The summed E-state index contributed by atoms with van der Waals surface area (Å²) < 4.78 is 6.58. The number of anilines is 1. The van der Waals surface area contributed by atoms with E-state index < -0.39 is 22.3 Å². The van der Waals surface area contributed by atoms with Crippen molar-refractivity contribution in [2.24, 2.45) is 5.41 Å². The van der Waals surface area contributed by atoms with Crippen molar-refractivity contribution in [3.8, 4) is 0 Å². The van der Waals surface area contributed by atoms with E-state index in [4.69, 9.17) is 4.74 Å². The molecule has 9 nitrogen and oxygen atoms in total. The molecule has 1 fully saturated rings. The second kappa shape index (κ2) is 4.67. The zero-order chi connectivity index (χ0) is 15.2. The van der Waals surface area contributed by atoms with Crippen LogP contribution in [0.2, 0.25) is 0 Å². The van der Waals surface area contributed by atoms with Crippen molar-refractivity contribution in [1.29, 1.82) is 0 Å². The Hall–Kier alpha value is -2.20. The van der Waals surface area contributed by atoms with Crippen molar-refractivity contribution < 1.29 is 19.6 Å². The van der Waals surface area contributed by atoms with Gasteiger partial charge in [0.05, 0.1) is 19.3 Å². The van der Waals surface area contributed by atoms with Crippen LogP contribution in [-0.4, -0.2) is 44.6 Å². The minimum atomic E-state index is -1.15. The van der Waals surface area contributed by atoms with Crippen molar-refractivity contribution in [1.82, 2.24) is 9.38 Å². The van der Waals surface area contributed by atoms with Crippen LogP contribution in [0.5, 0.6) is 0 Å². The Morgan fingerprint density at radius 3 is 3.19 bits per heavy atom. The second-order valence-corrected chi connectivity index (χ2v) is 5.90. The summed E-state index contributed by atoms with van der Waals surface area (Å²) in [5.74, 6) is -1.15. The Morgan fingerprint density at radius 2 is 2.52 bits per heavy atom. The Morgan fingerprint density at radius 1 is 1.76 bits per heavy atom. The van der Waals surface area contributed by atoms with Gasteiger partial charge in [-0.1, -0.05) is 11.3 Å². The molecule has 0 amide bonds. The molecule has 2 unspecified atom stereocenters. The van der Waals surface area contributed by atoms with Gasteiger partial charge in [0.15, 0.2) is 0 Å². The van der Waals surface area contributed by atoms with E-state index in [-0.39, 0.29) is 24.8 Å². The molecule has 2 aromatic heterocycles. The number of fused-ring (bicyclic) bond motifs is 1. The van der Waals surface area contributed by atoms with E-state index in [9.17, 15) is 20.0 Å². The third-order valence-corrected chi connectivity index (χ3v) is 4.42. The SMILES string of the molecule is CC1(C(=O)O)COCC1Nc1nc2sccn2c1[N+](=O)[O-]. The molecular weight excluding hydrogens is 300 g/mol. The van der Waals surface area contributed by atoms with Crippen LogP contribution in [0.3, 0.4) is 0 Å². The molecule has 0 radical (unpaired) electrons. The molecule has 0 bridgehead atoms. The van der Waals surface area contributed by atoms with Crippen LogP contribution in [0.4, 0.5) is 11.6 Å². The number of nitrogens with one attached hydrogen (secondary N) is 1. The summed E-state index contributed by atoms with van der Waals surface area (Å²) in [6, 6.07) is -0.585. The lowest BCUT2D eigenvalue weighted by Gasteiger charge is -2.25. The summed E-state index contributed by atoms with van der Waals surface area (Å²) in [5, 5.41) is 25.1. The van der Waals surface area contributed by atoms with Gasteiger partial charge in [0.2, 0.25) is 5.82 Å². The maximum absolute atomic E-state index is 11.4. The van der Waals surface area contributed by atoms with Crippen LogP contribution in [0.15, 0.2) is 11.6 Å². The molecule has 1 aliphatic heterocycles. The minimum absolute atomic E-state index is 0.0516. The molecule has 2 atom stereocenters. The fourth-order valence-corrected chi connectivity index (χ4v) is 3.00. The zero-order valence-corrected chi connectivity index (χ0v) is 11.8. The number of nitro groups is 1. The maximum atomic E-state index is 11.4. The molecule has 0 aliphatic carbocycles. The first-order chi connectivity index (χ1) is 9.93. The highest BCUT2D eigenvalue weighted by molar-refractivity contribution is 7.15. The summed E-state index contributed by atoms with van der Waals surface area (Å²) >= 11 is 1.26. The first-order valence-electron chi connectivity index (χ1n) is 6.11. The number of nitrogens with zero attached hydrogens (tertiary/aromatic N) is 3. The number of rotatable bonds is 4. The first kappa shape index (κ1) is 13.8. The predicted molar refractivity (Wildman–Crippen MR) is 73.7 cm³/mol. The Balaban J connectivity index is 1.98. The topological polar surface area (TPSA) is 119 Å². The molecule has 1 aliphatic rings. The Bertz CT molecular complexity index is 725. The van der Waals surface area contributed by atoms with Gasteiger partial charge in [-0.3, -0.25) is 4.79 Å². The first-order valence-corrected chi connectivity index (χ1v) is 6.99. The second-order valence-electron chi connectivity index (χ2n) is 5.03. The van der Waals surface area contributed by atoms with Gasteiger partial charge < -0.3 is 25.3 Å². The van der Waals surface area contributed by atoms with Crippen LogP contribution in [0, 0.1) is 15.5 Å². The third kappa shape index (κ3) is 2.03. The van der Waals surface area contributed by atoms with Crippen LogP contribution in [0.1, 0.15) is 6.92 Å². The van der Waals surface area contributed by atoms with Gasteiger partial charge in [-0.15, -0.1) is 0 Å². The number of hydrogen-bond donors (Lipinski definition) is 2. The number of aromatic nitrogens is 2. The molecule has 3 heterocycles. The van der Waals surface area contributed by atoms with Crippen molar-refractivity contribution in [3.63, 3.8) is 0 Å². The minimum Gasteiger partial charge on any atom is -0.481 e. The van der Waals surface area contributed by atoms with Gasteiger partial charge in [-0.25, -0.2) is 0 Å². The molecule has 1 saturated heterocycles. The number of carbonyl (C=O) groups is 1. The highest BCUT2D eigenvalue weighted by Crippen LogP contribution is 2.34. The lowest BCUT2D eigenvalue weighted by Crippen LogP contribution is -2.43. The monoisotopic (exact) mass is 312 g/mol. The van der Waals surface area contributed by atoms with E-state index in [1.807, 2.05) is 0 Å². The quantitative estimate of drug-likeness (QED) is 0.643. The summed E-state index contributed by atoms with van der Waals surface area (Å²) in [7, 11) is 0. The van der Waals surface area contributed by atoms with E-state index >= 15 is 0 Å². The largest absolute Gasteiger partial charge is 0.481 e. The third-order valence-electron chi connectivity index (χ3n) is 3.66. The molecule has 112 valence electrons. The van der Waals surface area contributed by atoms with Gasteiger partial charge >= 0.3 is 11.8 Å². The molecule has 3 rings (SSSR count). The van der Waals surface area contributed by atoms with Crippen LogP contribution in [0.25, 0.3) is 4.96 Å². The number of imidazole rings is 1. The highest BCUT2D eigenvalue weighted by Gasteiger charge is 2.47. The molecule has 21 heavy (non-hydrogen) atoms. The predicted octanol–water partition coefficient (Wildman–Crippen LogP) is 1.21. The summed E-state index contributed by atoms with van der Waals surface area (Å²) in [6.07, 6.45) is 1.55. The summed E-state index contributed by atoms with van der Waals surface area (Å²) in [6.45, 7) is 1.76. The van der Waals surface area contributed by atoms with Crippen LogP contribution >= 0.6 is 11.3 Å². The molecule has 0 saturated carbocycles. The van der Waals surface area contributed by atoms with Gasteiger partial charge in [0.1, 0.15) is 11.6 Å². The smallest absolute Gasteiger partial charge is 0.372 e. The van der Waals surface area contributed by atoms with Crippen LogP contribution in [-0.2, 0) is 9.53 Å². The van der Waals surface area contributed by atoms with E-state index in [0.717, 1.165) is 0 Å². The molecule has 2 N–H and O–H groups in total.